The molecule has 0 radical (unpaired) electrons. The third-order valence-corrected chi connectivity index (χ3v) is 1.62. The number of hydrogen-bond donors (Lipinski definition) is 5. The van der Waals surface area contributed by atoms with Crippen LogP contribution in [-0.2, 0) is 23.9 Å². The van der Waals surface area contributed by atoms with Crippen molar-refractivity contribution in [2.45, 2.75) is 18.5 Å². The lowest BCUT2D eigenvalue weighted by Gasteiger charge is -2.21. The van der Waals surface area contributed by atoms with E-state index in [0.29, 0.717) is 0 Å². The van der Waals surface area contributed by atoms with Crippen LogP contribution < -0.4 is 0 Å². The number of carboxylic acids is 3. The van der Waals surface area contributed by atoms with Gasteiger partial charge in [-0.05, 0) is 0 Å². The molecule has 0 aliphatic heterocycles. The van der Waals surface area contributed by atoms with Crippen LogP contribution in [0.3, 0.4) is 0 Å². The zero-order valence-corrected chi connectivity index (χ0v) is 8.92. The Hall–Kier alpha value is -1.75. The van der Waals surface area contributed by atoms with Gasteiger partial charge in [-0.25, -0.2) is 14.4 Å². The third kappa shape index (κ3) is 5.05. The van der Waals surface area contributed by atoms with E-state index in [-0.39, 0.29) is 0 Å². The number of carboxylic acid groups (broad SMARTS) is 3. The summed E-state index contributed by atoms with van der Waals surface area (Å²) < 4.78 is 8.76. The molecule has 0 fully saturated rings. The molecule has 0 heterocycles. The molecule has 0 aromatic carbocycles. The van der Waals surface area contributed by atoms with Gasteiger partial charge in [-0.2, -0.15) is 0 Å². The van der Waals surface area contributed by atoms with Crippen LogP contribution in [0.5, 0.6) is 0 Å². The Labute approximate surface area is 100.0 Å². The lowest BCUT2D eigenvalue weighted by molar-refractivity contribution is -0.220. The molecule has 0 rings (SSSR count). The van der Waals surface area contributed by atoms with Gasteiger partial charge in [-0.1, -0.05) is 0 Å². The molecule has 3 unspecified atom stereocenters. The van der Waals surface area contributed by atoms with Gasteiger partial charge in [0.05, 0.1) is 13.2 Å². The van der Waals surface area contributed by atoms with Crippen LogP contribution in [0, 0.1) is 0 Å². The van der Waals surface area contributed by atoms with Gasteiger partial charge in [-0.3, -0.25) is 0 Å². The number of hydrogen-bond acceptors (Lipinski definition) is 7. The highest BCUT2D eigenvalue weighted by atomic mass is 16.7. The number of aliphatic carboxylic acids is 3. The molecule has 10 heteroatoms. The van der Waals surface area contributed by atoms with Crippen LogP contribution in [-0.4, -0.2) is 75.2 Å². The molecule has 3 atom stereocenters. The molecule has 5 N–H and O–H groups in total. The first-order valence-electron chi connectivity index (χ1n) is 4.55. The Morgan fingerprint density at radius 3 is 1.89 bits per heavy atom. The van der Waals surface area contributed by atoms with E-state index in [0.717, 1.165) is 0 Å². The lowest BCUT2D eigenvalue weighted by atomic mass is 10.2. The van der Waals surface area contributed by atoms with Crippen molar-refractivity contribution in [2.75, 3.05) is 13.2 Å². The van der Waals surface area contributed by atoms with Crippen molar-refractivity contribution in [3.8, 4) is 0 Å². The van der Waals surface area contributed by atoms with E-state index in [9.17, 15) is 14.4 Å². The van der Waals surface area contributed by atoms with Crippen molar-refractivity contribution in [1.29, 1.82) is 0 Å². The Balaban J connectivity index is 4.76. The van der Waals surface area contributed by atoms with E-state index < -0.39 is 49.6 Å². The summed E-state index contributed by atoms with van der Waals surface area (Å²) in [6, 6.07) is 0. The molecule has 104 valence electrons. The highest BCUT2D eigenvalue weighted by molar-refractivity contribution is 5.83. The summed E-state index contributed by atoms with van der Waals surface area (Å²) in [5.41, 5.74) is 0. The van der Waals surface area contributed by atoms with Gasteiger partial charge in [0.25, 0.3) is 6.29 Å². The first-order valence-corrected chi connectivity index (χ1v) is 4.55. The van der Waals surface area contributed by atoms with Crippen LogP contribution in [0.4, 0.5) is 0 Å². The second-order valence-electron chi connectivity index (χ2n) is 2.94. The Kier molecular flexibility index (Phi) is 6.82. The number of rotatable bonds is 9. The molecule has 0 amide bonds. The van der Waals surface area contributed by atoms with E-state index in [1.54, 1.807) is 0 Å². The van der Waals surface area contributed by atoms with Crippen molar-refractivity contribution < 1.29 is 49.4 Å². The zero-order valence-electron chi connectivity index (χ0n) is 8.92. The standard InChI is InChI=1S/C8H12O10/c9-1-2-17-8(7(15)16)18-4(6(13)14)3(10)5(11)12/h3-4,8-10H,1-2H2,(H,11,12)(H,13,14)(H,15,16). The summed E-state index contributed by atoms with van der Waals surface area (Å²) in [7, 11) is 0. The van der Waals surface area contributed by atoms with E-state index in [4.69, 9.17) is 25.5 Å². The van der Waals surface area contributed by atoms with E-state index in [2.05, 4.69) is 9.47 Å². The fourth-order valence-electron chi connectivity index (χ4n) is 0.859. The van der Waals surface area contributed by atoms with Crippen molar-refractivity contribution in [3.05, 3.63) is 0 Å². The van der Waals surface area contributed by atoms with Gasteiger partial charge in [0.2, 0.25) is 0 Å². The number of carbonyl (C=O) groups is 3. The molecular weight excluding hydrogens is 256 g/mol. The number of aliphatic hydroxyl groups excluding tert-OH is 2. The van der Waals surface area contributed by atoms with Crippen LogP contribution in [0.2, 0.25) is 0 Å². The second-order valence-corrected chi connectivity index (χ2v) is 2.94. The van der Waals surface area contributed by atoms with Gasteiger partial charge < -0.3 is 35.0 Å². The average molecular weight is 268 g/mol. The SMILES string of the molecule is O=C(O)C(OCCO)OC(C(=O)O)C(O)C(=O)O. The maximum absolute atomic E-state index is 10.6. The van der Waals surface area contributed by atoms with Crippen molar-refractivity contribution in [2.24, 2.45) is 0 Å². The van der Waals surface area contributed by atoms with Crippen LogP contribution in [0.25, 0.3) is 0 Å². The van der Waals surface area contributed by atoms with Crippen molar-refractivity contribution >= 4 is 17.9 Å². The molecule has 0 spiro atoms. The fraction of sp³-hybridized carbons (Fsp3) is 0.625. The smallest absolute Gasteiger partial charge is 0.361 e. The fourth-order valence-corrected chi connectivity index (χ4v) is 0.859. The third-order valence-electron chi connectivity index (χ3n) is 1.62. The first-order chi connectivity index (χ1) is 8.31. The van der Waals surface area contributed by atoms with Gasteiger partial charge in [0.1, 0.15) is 0 Å². The molecule has 0 aromatic heterocycles. The highest BCUT2D eigenvalue weighted by Crippen LogP contribution is 2.07. The molecular formula is C8H12O10. The topological polar surface area (TPSA) is 171 Å². The molecule has 0 saturated carbocycles. The normalized spacial score (nSPS) is 15.7. The molecule has 0 aromatic rings. The minimum atomic E-state index is -2.46. The second kappa shape index (κ2) is 7.55. The summed E-state index contributed by atoms with van der Waals surface area (Å²) in [4.78, 5) is 31.6. The predicted molar refractivity (Wildman–Crippen MR) is 50.6 cm³/mol. The van der Waals surface area contributed by atoms with Crippen LogP contribution in [0.15, 0.2) is 0 Å². The Morgan fingerprint density at radius 2 is 1.56 bits per heavy atom. The molecule has 0 saturated heterocycles. The first kappa shape index (κ1) is 16.2. The summed E-state index contributed by atoms with van der Waals surface area (Å²) in [6.45, 7) is -1.02. The number of aliphatic hydroxyl groups is 2. The summed E-state index contributed by atoms with van der Waals surface area (Å²) >= 11 is 0. The quantitative estimate of drug-likeness (QED) is 0.277. The Bertz CT molecular complexity index is 313. The summed E-state index contributed by atoms with van der Waals surface area (Å²) in [6.07, 6.45) is -6.89. The summed E-state index contributed by atoms with van der Waals surface area (Å²) in [5, 5.41) is 43.0. The zero-order chi connectivity index (χ0) is 14.3. The maximum Gasteiger partial charge on any atom is 0.361 e. The van der Waals surface area contributed by atoms with Gasteiger partial charge >= 0.3 is 17.9 Å². The number of ether oxygens (including phenoxy) is 2. The molecule has 0 aliphatic rings. The van der Waals surface area contributed by atoms with Crippen molar-refractivity contribution in [1.82, 2.24) is 0 Å². The minimum Gasteiger partial charge on any atom is -0.479 e. The van der Waals surface area contributed by atoms with Crippen LogP contribution in [0.1, 0.15) is 0 Å². The maximum atomic E-state index is 10.6. The van der Waals surface area contributed by atoms with E-state index in [1.165, 1.54) is 0 Å². The van der Waals surface area contributed by atoms with E-state index in [1.807, 2.05) is 0 Å². The van der Waals surface area contributed by atoms with Gasteiger partial charge in [-0.15, -0.1) is 0 Å². The molecule has 18 heavy (non-hydrogen) atoms. The predicted octanol–water partition coefficient (Wildman–Crippen LogP) is -2.68. The lowest BCUT2D eigenvalue weighted by Crippen LogP contribution is -2.46. The average Bonchev–Trinajstić information content (AvgIpc) is 2.27. The van der Waals surface area contributed by atoms with Gasteiger partial charge in [0.15, 0.2) is 12.2 Å². The van der Waals surface area contributed by atoms with Gasteiger partial charge in [0, 0.05) is 0 Å². The van der Waals surface area contributed by atoms with Crippen molar-refractivity contribution in [3.63, 3.8) is 0 Å². The molecule has 0 aliphatic carbocycles. The minimum absolute atomic E-state index is 0.466. The Morgan fingerprint density at radius 1 is 1.00 bits per heavy atom. The highest BCUT2D eigenvalue weighted by Gasteiger charge is 2.37. The monoisotopic (exact) mass is 268 g/mol. The summed E-state index contributed by atoms with van der Waals surface area (Å²) in [5.74, 6) is -5.50. The van der Waals surface area contributed by atoms with Crippen LogP contribution >= 0.6 is 0 Å². The van der Waals surface area contributed by atoms with E-state index >= 15 is 0 Å². The largest absolute Gasteiger partial charge is 0.479 e. The molecule has 0 bridgehead atoms. The molecule has 10 nitrogen and oxygen atoms in total.